The summed E-state index contributed by atoms with van der Waals surface area (Å²) in [7, 11) is -4.22. The maximum absolute atomic E-state index is 11.6. The highest BCUT2D eigenvalue weighted by molar-refractivity contribution is 7.86. The lowest BCUT2D eigenvalue weighted by Crippen LogP contribution is -2.06. The van der Waals surface area contributed by atoms with Gasteiger partial charge >= 0.3 is 0 Å². The summed E-state index contributed by atoms with van der Waals surface area (Å²) in [6, 6.07) is 10.9. The van der Waals surface area contributed by atoms with Crippen molar-refractivity contribution in [1.82, 2.24) is 0 Å². The zero-order chi connectivity index (χ0) is 13.3. The summed E-state index contributed by atoms with van der Waals surface area (Å²) in [5.74, 6) is 0.0894. The van der Waals surface area contributed by atoms with Gasteiger partial charge in [-0.3, -0.25) is 4.55 Å². The Labute approximate surface area is 107 Å². The van der Waals surface area contributed by atoms with E-state index in [-0.39, 0.29) is 10.8 Å². The third-order valence-electron chi connectivity index (χ3n) is 3.31. The van der Waals surface area contributed by atoms with Gasteiger partial charge in [-0.25, -0.2) is 0 Å². The van der Waals surface area contributed by atoms with Crippen LogP contribution in [0.15, 0.2) is 41.3 Å². The third-order valence-corrected chi connectivity index (χ3v) is 4.28. The van der Waals surface area contributed by atoms with Crippen molar-refractivity contribution in [3.63, 3.8) is 0 Å². The lowest BCUT2D eigenvalue weighted by atomic mass is 9.96. The molecule has 0 amide bonds. The molecule has 0 fully saturated rings. The molecule has 0 saturated carbocycles. The monoisotopic (exact) mass is 264 g/mol. The van der Waals surface area contributed by atoms with Crippen molar-refractivity contribution in [3.8, 4) is 0 Å². The van der Waals surface area contributed by atoms with Crippen molar-refractivity contribution in [3.05, 3.63) is 42.0 Å². The number of hydrogen-bond donors (Lipinski definition) is 1. The van der Waals surface area contributed by atoms with Crippen LogP contribution in [-0.2, 0) is 10.1 Å². The van der Waals surface area contributed by atoms with Gasteiger partial charge in [0.2, 0.25) is 0 Å². The Kier molecular flexibility index (Phi) is 3.41. The van der Waals surface area contributed by atoms with E-state index in [1.165, 1.54) is 0 Å². The molecule has 3 nitrogen and oxygen atoms in total. The molecule has 0 aromatic heterocycles. The van der Waals surface area contributed by atoms with Gasteiger partial charge in [-0.1, -0.05) is 50.2 Å². The lowest BCUT2D eigenvalue weighted by Gasteiger charge is -2.15. The number of fused-ring (bicyclic) bond motifs is 1. The summed E-state index contributed by atoms with van der Waals surface area (Å²) in [6.07, 6.45) is 0.820. The fourth-order valence-electron chi connectivity index (χ4n) is 2.16. The second kappa shape index (κ2) is 4.71. The first-order valence-corrected chi connectivity index (χ1v) is 7.38. The van der Waals surface area contributed by atoms with Gasteiger partial charge in [0.25, 0.3) is 10.1 Å². The van der Waals surface area contributed by atoms with E-state index in [2.05, 4.69) is 0 Å². The van der Waals surface area contributed by atoms with Crippen LogP contribution in [0.25, 0.3) is 10.8 Å². The Morgan fingerprint density at radius 3 is 2.44 bits per heavy atom. The second-order valence-corrected chi connectivity index (χ2v) is 5.85. The van der Waals surface area contributed by atoms with E-state index >= 15 is 0 Å². The van der Waals surface area contributed by atoms with E-state index in [4.69, 9.17) is 0 Å². The maximum atomic E-state index is 11.6. The highest BCUT2D eigenvalue weighted by Gasteiger charge is 2.21. The average Bonchev–Trinajstić information content (AvgIpc) is 2.35. The number of benzene rings is 2. The van der Waals surface area contributed by atoms with Crippen molar-refractivity contribution in [2.45, 2.75) is 31.1 Å². The predicted molar refractivity (Wildman–Crippen MR) is 72.5 cm³/mol. The molecule has 2 rings (SSSR count). The summed E-state index contributed by atoms with van der Waals surface area (Å²) in [5, 5.41) is 1.40. The van der Waals surface area contributed by atoms with Crippen molar-refractivity contribution in [1.29, 1.82) is 0 Å². The summed E-state index contributed by atoms with van der Waals surface area (Å²) < 4.78 is 32.8. The second-order valence-electron chi connectivity index (χ2n) is 4.49. The van der Waals surface area contributed by atoms with Crippen LogP contribution in [0.2, 0.25) is 0 Å². The zero-order valence-corrected chi connectivity index (χ0v) is 11.2. The normalized spacial score (nSPS) is 13.7. The molecule has 18 heavy (non-hydrogen) atoms. The van der Waals surface area contributed by atoms with Gasteiger partial charge in [0, 0.05) is 5.39 Å². The summed E-state index contributed by atoms with van der Waals surface area (Å²) >= 11 is 0. The Morgan fingerprint density at radius 1 is 1.17 bits per heavy atom. The molecular formula is C14H16O3S. The molecule has 1 atom stereocenters. The molecule has 4 heteroatoms. The van der Waals surface area contributed by atoms with E-state index in [9.17, 15) is 13.0 Å². The molecule has 2 aromatic rings. The van der Waals surface area contributed by atoms with Crippen molar-refractivity contribution >= 4 is 20.9 Å². The van der Waals surface area contributed by atoms with Crippen LogP contribution in [0.4, 0.5) is 0 Å². The van der Waals surface area contributed by atoms with Crippen LogP contribution in [0.3, 0.4) is 0 Å². The molecule has 2 aromatic carbocycles. The minimum atomic E-state index is -4.22. The lowest BCUT2D eigenvalue weighted by molar-refractivity contribution is 0.482. The van der Waals surface area contributed by atoms with Crippen LogP contribution < -0.4 is 0 Å². The van der Waals surface area contributed by atoms with Crippen LogP contribution >= 0.6 is 0 Å². The van der Waals surface area contributed by atoms with Crippen LogP contribution in [0, 0.1) is 0 Å². The topological polar surface area (TPSA) is 54.4 Å². The van der Waals surface area contributed by atoms with Gasteiger partial charge in [-0.05, 0) is 23.3 Å². The fourth-order valence-corrected chi connectivity index (χ4v) is 3.19. The molecule has 0 radical (unpaired) electrons. The van der Waals surface area contributed by atoms with E-state index in [1.54, 1.807) is 18.2 Å². The Balaban J connectivity index is 2.89. The summed E-state index contributed by atoms with van der Waals surface area (Å²) in [5.41, 5.74) is 0.679. The molecule has 0 bridgehead atoms. The smallest absolute Gasteiger partial charge is 0.282 e. The molecule has 0 spiro atoms. The standard InChI is InChI=1S/C14H16O3S/c1-3-10(2)12-9-8-11-6-4-5-7-13(11)14(12)18(15,16)17/h4-10H,3H2,1-2H3,(H,15,16,17). The van der Waals surface area contributed by atoms with Crippen LogP contribution in [-0.4, -0.2) is 13.0 Å². The Hall–Kier alpha value is -1.39. The number of rotatable bonds is 3. The van der Waals surface area contributed by atoms with Crippen LogP contribution in [0.5, 0.6) is 0 Å². The minimum absolute atomic E-state index is 0.0509. The molecule has 1 unspecified atom stereocenters. The van der Waals surface area contributed by atoms with Gasteiger partial charge in [0.1, 0.15) is 4.90 Å². The molecule has 0 aliphatic carbocycles. The largest absolute Gasteiger partial charge is 0.295 e. The summed E-state index contributed by atoms with van der Waals surface area (Å²) in [6.45, 7) is 3.95. The quantitative estimate of drug-likeness (QED) is 0.862. The van der Waals surface area contributed by atoms with E-state index in [0.717, 1.165) is 11.8 Å². The third kappa shape index (κ3) is 2.26. The highest BCUT2D eigenvalue weighted by Crippen LogP contribution is 2.32. The van der Waals surface area contributed by atoms with E-state index in [1.807, 2.05) is 32.0 Å². The number of hydrogen-bond acceptors (Lipinski definition) is 2. The van der Waals surface area contributed by atoms with Gasteiger partial charge < -0.3 is 0 Å². The minimum Gasteiger partial charge on any atom is -0.282 e. The molecule has 0 aliphatic rings. The van der Waals surface area contributed by atoms with E-state index < -0.39 is 10.1 Å². The SMILES string of the molecule is CCC(C)c1ccc2ccccc2c1S(=O)(=O)O. The molecule has 0 saturated heterocycles. The van der Waals surface area contributed by atoms with Gasteiger partial charge in [0.15, 0.2) is 0 Å². The molecule has 96 valence electrons. The molecule has 0 heterocycles. The predicted octanol–water partition coefficient (Wildman–Crippen LogP) is 3.60. The van der Waals surface area contributed by atoms with Crippen LogP contribution in [0.1, 0.15) is 31.7 Å². The first-order chi connectivity index (χ1) is 8.45. The van der Waals surface area contributed by atoms with E-state index in [0.29, 0.717) is 10.9 Å². The zero-order valence-electron chi connectivity index (χ0n) is 10.4. The first-order valence-electron chi connectivity index (χ1n) is 5.94. The van der Waals surface area contributed by atoms with Crippen molar-refractivity contribution < 1.29 is 13.0 Å². The van der Waals surface area contributed by atoms with Crippen molar-refractivity contribution in [2.75, 3.05) is 0 Å². The maximum Gasteiger partial charge on any atom is 0.295 e. The summed E-state index contributed by atoms with van der Waals surface area (Å²) in [4.78, 5) is 0.0509. The molecular weight excluding hydrogens is 248 g/mol. The fraction of sp³-hybridized carbons (Fsp3) is 0.286. The van der Waals surface area contributed by atoms with Gasteiger partial charge in [0.05, 0.1) is 0 Å². The van der Waals surface area contributed by atoms with Gasteiger partial charge in [-0.15, -0.1) is 0 Å². The Morgan fingerprint density at radius 2 is 1.83 bits per heavy atom. The Bertz CT molecular complexity index is 674. The first kappa shape index (κ1) is 13.1. The van der Waals surface area contributed by atoms with Gasteiger partial charge in [-0.2, -0.15) is 8.42 Å². The average molecular weight is 264 g/mol. The molecule has 1 N–H and O–H groups in total. The van der Waals surface area contributed by atoms with Crippen molar-refractivity contribution in [2.24, 2.45) is 0 Å². The highest BCUT2D eigenvalue weighted by atomic mass is 32.2. The molecule has 0 aliphatic heterocycles.